The van der Waals surface area contributed by atoms with E-state index in [0.717, 1.165) is 19.3 Å². The van der Waals surface area contributed by atoms with Gasteiger partial charge in [0.1, 0.15) is 0 Å². The van der Waals surface area contributed by atoms with Crippen LogP contribution in [0.3, 0.4) is 0 Å². The van der Waals surface area contributed by atoms with Gasteiger partial charge in [0.05, 0.1) is 24.3 Å². The van der Waals surface area contributed by atoms with Crippen LogP contribution in [-0.2, 0) is 9.47 Å². The van der Waals surface area contributed by atoms with Gasteiger partial charge < -0.3 is 9.47 Å². The Morgan fingerprint density at radius 1 is 0.714 bits per heavy atom. The summed E-state index contributed by atoms with van der Waals surface area (Å²) in [6.45, 7) is 11.6. The lowest BCUT2D eigenvalue weighted by Gasteiger charge is -2.23. The fraction of sp³-hybridized carbons (Fsp3) is 0.742. The van der Waals surface area contributed by atoms with Gasteiger partial charge in [0.15, 0.2) is 0 Å². The van der Waals surface area contributed by atoms with Gasteiger partial charge in [-0.2, -0.15) is 0 Å². The maximum absolute atomic E-state index is 12.6. The van der Waals surface area contributed by atoms with E-state index in [1.54, 1.807) is 24.3 Å². The molecule has 0 aromatic heterocycles. The highest BCUT2D eigenvalue weighted by molar-refractivity contribution is 6.03. The second-order valence-electron chi connectivity index (χ2n) is 11.4. The Kier molecular flexibility index (Phi) is 16.4. The Balaban J connectivity index is 2.21. The topological polar surface area (TPSA) is 52.6 Å². The molecule has 0 amide bonds. The third kappa shape index (κ3) is 15.7. The first-order valence-corrected chi connectivity index (χ1v) is 14.2. The third-order valence-electron chi connectivity index (χ3n) is 6.31. The molecule has 0 heterocycles. The van der Waals surface area contributed by atoms with Gasteiger partial charge in [-0.15, -0.1) is 0 Å². The number of carbonyl (C=O) groups excluding carboxylic acids is 2. The van der Waals surface area contributed by atoms with E-state index in [9.17, 15) is 9.59 Å². The predicted molar refractivity (Wildman–Crippen MR) is 146 cm³/mol. The minimum atomic E-state index is -0.459. The van der Waals surface area contributed by atoms with Gasteiger partial charge in [-0.3, -0.25) is 0 Å². The van der Waals surface area contributed by atoms with Crippen LogP contribution in [0.1, 0.15) is 145 Å². The van der Waals surface area contributed by atoms with Crippen LogP contribution < -0.4 is 0 Å². The van der Waals surface area contributed by atoms with E-state index >= 15 is 0 Å². The second kappa shape index (κ2) is 18.4. The second-order valence-corrected chi connectivity index (χ2v) is 11.4. The Hall–Kier alpha value is -1.84. The number of hydrogen-bond acceptors (Lipinski definition) is 4. The average molecular weight is 489 g/mol. The summed E-state index contributed by atoms with van der Waals surface area (Å²) in [5, 5.41) is 0. The lowest BCUT2D eigenvalue weighted by molar-refractivity contribution is 0.0399. The minimum Gasteiger partial charge on any atom is -0.462 e. The number of benzene rings is 1. The molecule has 35 heavy (non-hydrogen) atoms. The molecule has 0 aliphatic rings. The van der Waals surface area contributed by atoms with Crippen molar-refractivity contribution < 1.29 is 19.1 Å². The maximum atomic E-state index is 12.6. The monoisotopic (exact) mass is 488 g/mol. The largest absolute Gasteiger partial charge is 0.462 e. The number of carbonyl (C=O) groups is 2. The molecule has 0 aliphatic heterocycles. The van der Waals surface area contributed by atoms with Gasteiger partial charge in [0, 0.05) is 0 Å². The molecule has 0 spiro atoms. The summed E-state index contributed by atoms with van der Waals surface area (Å²) in [7, 11) is 0. The van der Waals surface area contributed by atoms with E-state index in [-0.39, 0.29) is 22.5 Å². The molecule has 0 radical (unpaired) electrons. The Morgan fingerprint density at radius 3 is 1.60 bits per heavy atom. The molecule has 1 unspecified atom stereocenters. The Bertz CT molecular complexity index is 704. The molecule has 1 rings (SSSR count). The molecule has 0 fully saturated rings. The van der Waals surface area contributed by atoms with Gasteiger partial charge in [-0.05, 0) is 36.3 Å². The first kappa shape index (κ1) is 31.2. The fourth-order valence-electron chi connectivity index (χ4n) is 4.60. The van der Waals surface area contributed by atoms with Gasteiger partial charge in [0.25, 0.3) is 0 Å². The zero-order valence-corrected chi connectivity index (χ0v) is 23.3. The highest BCUT2D eigenvalue weighted by Crippen LogP contribution is 2.24. The summed E-state index contributed by atoms with van der Waals surface area (Å²) in [6, 6.07) is 6.78. The molecule has 0 aliphatic carbocycles. The Labute approximate surface area is 215 Å². The summed E-state index contributed by atoms with van der Waals surface area (Å²) in [6.07, 6.45) is 17.6. The van der Waals surface area contributed by atoms with Crippen molar-refractivity contribution in [3.8, 4) is 0 Å². The van der Waals surface area contributed by atoms with Crippen LogP contribution in [0.4, 0.5) is 0 Å². The molecule has 0 N–H and O–H groups in total. The van der Waals surface area contributed by atoms with Crippen LogP contribution in [-0.4, -0.2) is 25.2 Å². The van der Waals surface area contributed by atoms with Crippen LogP contribution in [0.15, 0.2) is 24.3 Å². The van der Waals surface area contributed by atoms with Crippen LogP contribution in [0, 0.1) is 11.3 Å². The zero-order valence-electron chi connectivity index (χ0n) is 23.3. The summed E-state index contributed by atoms with van der Waals surface area (Å²) in [5.41, 5.74) is 0.752. The van der Waals surface area contributed by atoms with Crippen LogP contribution in [0.2, 0.25) is 0 Å². The number of rotatable bonds is 19. The van der Waals surface area contributed by atoms with Crippen molar-refractivity contribution in [2.24, 2.45) is 11.3 Å². The maximum Gasteiger partial charge on any atom is 0.339 e. The van der Waals surface area contributed by atoms with Crippen molar-refractivity contribution >= 4 is 11.9 Å². The Morgan fingerprint density at radius 2 is 1.14 bits per heavy atom. The van der Waals surface area contributed by atoms with Gasteiger partial charge >= 0.3 is 11.9 Å². The van der Waals surface area contributed by atoms with E-state index in [2.05, 4.69) is 34.6 Å². The van der Waals surface area contributed by atoms with Crippen LogP contribution >= 0.6 is 0 Å². The fourth-order valence-corrected chi connectivity index (χ4v) is 4.60. The highest BCUT2D eigenvalue weighted by Gasteiger charge is 2.21. The number of unbranched alkanes of at least 4 members (excludes halogenated alkanes) is 12. The molecule has 4 heteroatoms. The third-order valence-corrected chi connectivity index (χ3v) is 6.31. The average Bonchev–Trinajstić information content (AvgIpc) is 2.81. The zero-order chi connectivity index (χ0) is 25.9. The highest BCUT2D eigenvalue weighted by atomic mass is 16.5. The van der Waals surface area contributed by atoms with E-state index in [4.69, 9.17) is 9.47 Å². The SMILES string of the molecule is CCCCCCCCCCCCCCCOC(=O)c1ccccc1C(=O)OCC(C)CC(C)(C)C. The van der Waals surface area contributed by atoms with Crippen molar-refractivity contribution in [2.75, 3.05) is 13.2 Å². The van der Waals surface area contributed by atoms with Crippen molar-refractivity contribution in [1.29, 1.82) is 0 Å². The normalized spacial score (nSPS) is 12.4. The quantitative estimate of drug-likeness (QED) is 0.144. The van der Waals surface area contributed by atoms with Gasteiger partial charge in [0.2, 0.25) is 0 Å². The summed E-state index contributed by atoms with van der Waals surface area (Å²) < 4.78 is 11.0. The molecule has 0 saturated carbocycles. The molecule has 4 nitrogen and oxygen atoms in total. The molecule has 1 aromatic rings. The first-order valence-electron chi connectivity index (χ1n) is 14.2. The standard InChI is InChI=1S/C31H52O4/c1-6-7-8-9-10-11-12-13-14-15-16-17-20-23-34-29(32)27-21-18-19-22-28(27)30(33)35-25-26(2)24-31(3,4)5/h18-19,21-22,26H,6-17,20,23-25H2,1-5H3. The van der Waals surface area contributed by atoms with Gasteiger partial charge in [-0.25, -0.2) is 9.59 Å². The predicted octanol–water partition coefficient (Wildman–Crippen LogP) is 9.16. The van der Waals surface area contributed by atoms with Crippen LogP contribution in [0.25, 0.3) is 0 Å². The molecule has 1 atom stereocenters. The molecular weight excluding hydrogens is 436 g/mol. The number of ether oxygens (including phenoxy) is 2. The lowest BCUT2D eigenvalue weighted by Crippen LogP contribution is -2.19. The lowest BCUT2D eigenvalue weighted by atomic mass is 9.86. The minimum absolute atomic E-state index is 0.182. The van der Waals surface area contributed by atoms with Crippen molar-refractivity contribution in [1.82, 2.24) is 0 Å². The van der Waals surface area contributed by atoms with E-state index in [0.29, 0.717) is 13.2 Å². The molecule has 0 bridgehead atoms. The summed E-state index contributed by atoms with van der Waals surface area (Å²) in [4.78, 5) is 25.2. The molecular formula is C31H52O4. The van der Waals surface area contributed by atoms with Crippen molar-refractivity contribution in [3.05, 3.63) is 35.4 Å². The molecule has 1 aromatic carbocycles. The molecule has 200 valence electrons. The van der Waals surface area contributed by atoms with Crippen LogP contribution in [0.5, 0.6) is 0 Å². The summed E-state index contributed by atoms with van der Waals surface area (Å²) >= 11 is 0. The first-order chi connectivity index (χ1) is 16.7. The van der Waals surface area contributed by atoms with E-state index in [1.165, 1.54) is 70.6 Å². The van der Waals surface area contributed by atoms with Crippen molar-refractivity contribution in [2.45, 2.75) is 125 Å². The molecule has 0 saturated heterocycles. The van der Waals surface area contributed by atoms with E-state index < -0.39 is 11.9 Å². The van der Waals surface area contributed by atoms with Crippen molar-refractivity contribution in [3.63, 3.8) is 0 Å². The number of hydrogen-bond donors (Lipinski definition) is 0. The van der Waals surface area contributed by atoms with E-state index in [1.807, 2.05) is 0 Å². The van der Waals surface area contributed by atoms with Gasteiger partial charge in [-0.1, -0.05) is 124 Å². The number of esters is 2. The smallest absolute Gasteiger partial charge is 0.339 e. The summed E-state index contributed by atoms with van der Waals surface area (Å²) in [5.74, 6) is -0.646.